The number of hydrogen-bond acceptors (Lipinski definition) is 5. The van der Waals surface area contributed by atoms with Crippen molar-refractivity contribution in [2.24, 2.45) is 10.2 Å². The van der Waals surface area contributed by atoms with Crippen LogP contribution in [0.25, 0.3) is 5.69 Å². The van der Waals surface area contributed by atoms with E-state index in [0.29, 0.717) is 16.9 Å². The average Bonchev–Trinajstić information content (AvgIpc) is 3.10. The third-order valence-corrected chi connectivity index (χ3v) is 4.69. The Morgan fingerprint density at radius 1 is 1.04 bits per heavy atom. The first-order chi connectivity index (χ1) is 12.8. The Kier molecular flexibility index (Phi) is 5.06. The second-order valence-corrected chi connectivity index (χ2v) is 7.22. The Balaban J connectivity index is 1.74. The van der Waals surface area contributed by atoms with Gasteiger partial charge in [0.2, 0.25) is 10.0 Å². The summed E-state index contributed by atoms with van der Waals surface area (Å²) in [7, 11) is -3.74. The number of hydrogen-bond donors (Lipinski definition) is 3. The van der Waals surface area contributed by atoms with Crippen molar-refractivity contribution in [3.8, 4) is 5.69 Å². The fraction of sp³-hybridized carbons (Fsp3) is 0. The normalized spacial score (nSPS) is 11.6. The lowest BCUT2D eigenvalue weighted by molar-refractivity contribution is 0.0955. The molecular weight excluding hydrogens is 366 g/mol. The number of nitrogens with two attached hydrogens (primary N) is 2. The van der Waals surface area contributed by atoms with E-state index in [1.807, 2.05) is 0 Å². The highest BCUT2D eigenvalue weighted by Gasteiger charge is 2.08. The van der Waals surface area contributed by atoms with E-state index in [2.05, 4.69) is 10.5 Å². The van der Waals surface area contributed by atoms with Crippen LogP contribution < -0.4 is 16.3 Å². The minimum atomic E-state index is -3.74. The van der Waals surface area contributed by atoms with Crippen LogP contribution >= 0.6 is 0 Å². The van der Waals surface area contributed by atoms with E-state index in [0.717, 1.165) is 5.69 Å². The number of nitrogen functional groups attached to an aromatic ring is 1. The highest BCUT2D eigenvalue weighted by atomic mass is 32.2. The number of rotatable bonds is 5. The molecule has 138 valence electrons. The van der Waals surface area contributed by atoms with Gasteiger partial charge in [-0.2, -0.15) is 5.10 Å². The van der Waals surface area contributed by atoms with Gasteiger partial charge in [0.1, 0.15) is 0 Å². The van der Waals surface area contributed by atoms with Crippen LogP contribution in [0.5, 0.6) is 0 Å². The molecule has 3 aromatic rings. The fourth-order valence-electron chi connectivity index (χ4n) is 2.39. The molecule has 0 unspecified atom stereocenters. The Labute approximate surface area is 156 Å². The third-order valence-electron chi connectivity index (χ3n) is 3.76. The zero-order valence-electron chi connectivity index (χ0n) is 14.1. The lowest BCUT2D eigenvalue weighted by Gasteiger charge is -2.07. The number of primary sulfonamides is 1. The quantitative estimate of drug-likeness (QED) is 0.349. The van der Waals surface area contributed by atoms with Gasteiger partial charge in [-0.25, -0.2) is 19.0 Å². The van der Waals surface area contributed by atoms with E-state index >= 15 is 0 Å². The molecule has 0 atom stereocenters. The number of amides is 1. The number of sulfonamides is 1. The summed E-state index contributed by atoms with van der Waals surface area (Å²) < 4.78 is 24.5. The van der Waals surface area contributed by atoms with Crippen LogP contribution in [0.3, 0.4) is 0 Å². The molecule has 8 nitrogen and oxygen atoms in total. The summed E-state index contributed by atoms with van der Waals surface area (Å²) in [4.78, 5) is 12.1. The van der Waals surface area contributed by atoms with Crippen molar-refractivity contribution < 1.29 is 13.2 Å². The van der Waals surface area contributed by atoms with Gasteiger partial charge >= 0.3 is 0 Å². The standard InChI is InChI=1S/C18H17N5O3S/c19-14-5-3-13(4-6-14)18(24)22-21-12-16-2-1-11-23(16)15-7-9-17(10-8-15)27(20,25)26/h1-12H,19H2,(H,22,24)(H2,20,25,26)/b21-12+. The number of aromatic nitrogens is 1. The first-order valence-corrected chi connectivity index (χ1v) is 9.39. The molecule has 0 aliphatic rings. The molecule has 27 heavy (non-hydrogen) atoms. The number of carbonyl (C=O) groups is 1. The van der Waals surface area contributed by atoms with E-state index < -0.39 is 10.0 Å². The average molecular weight is 383 g/mol. The van der Waals surface area contributed by atoms with Gasteiger partial charge in [0.25, 0.3) is 5.91 Å². The van der Waals surface area contributed by atoms with Crippen LogP contribution in [0, 0.1) is 0 Å². The number of anilines is 1. The molecule has 2 aromatic carbocycles. The van der Waals surface area contributed by atoms with Crippen molar-refractivity contribution in [1.82, 2.24) is 9.99 Å². The Morgan fingerprint density at radius 2 is 1.70 bits per heavy atom. The molecule has 0 spiro atoms. The van der Waals surface area contributed by atoms with Crippen LogP contribution in [-0.4, -0.2) is 25.1 Å². The zero-order chi connectivity index (χ0) is 19.4. The SMILES string of the molecule is Nc1ccc(C(=O)N/N=C/c2cccn2-c2ccc(S(N)(=O)=O)cc2)cc1. The van der Waals surface area contributed by atoms with E-state index in [1.54, 1.807) is 59.3 Å². The van der Waals surface area contributed by atoms with Crippen molar-refractivity contribution in [1.29, 1.82) is 0 Å². The van der Waals surface area contributed by atoms with Crippen LogP contribution in [0.15, 0.2) is 76.9 Å². The number of nitrogens with zero attached hydrogens (tertiary/aromatic N) is 2. The third kappa shape index (κ3) is 4.40. The predicted molar refractivity (Wildman–Crippen MR) is 103 cm³/mol. The van der Waals surface area contributed by atoms with Gasteiger partial charge in [0.05, 0.1) is 16.8 Å². The van der Waals surface area contributed by atoms with Crippen LogP contribution in [0.4, 0.5) is 5.69 Å². The van der Waals surface area contributed by atoms with Gasteiger partial charge in [-0.3, -0.25) is 4.79 Å². The monoisotopic (exact) mass is 383 g/mol. The molecule has 0 fully saturated rings. The highest BCUT2D eigenvalue weighted by molar-refractivity contribution is 7.89. The second kappa shape index (κ2) is 7.44. The van der Waals surface area contributed by atoms with Gasteiger partial charge in [-0.05, 0) is 60.7 Å². The van der Waals surface area contributed by atoms with Gasteiger partial charge in [0, 0.05) is 23.1 Å². The van der Waals surface area contributed by atoms with E-state index in [9.17, 15) is 13.2 Å². The Bertz CT molecular complexity index is 1080. The summed E-state index contributed by atoms with van der Waals surface area (Å²) in [6.07, 6.45) is 3.28. The molecule has 0 aliphatic carbocycles. The van der Waals surface area contributed by atoms with Crippen molar-refractivity contribution >= 4 is 27.8 Å². The number of carbonyl (C=O) groups excluding carboxylic acids is 1. The number of benzene rings is 2. The fourth-order valence-corrected chi connectivity index (χ4v) is 2.90. The summed E-state index contributed by atoms with van der Waals surface area (Å²) in [6, 6.07) is 16.2. The van der Waals surface area contributed by atoms with Gasteiger partial charge < -0.3 is 10.3 Å². The molecule has 1 amide bonds. The largest absolute Gasteiger partial charge is 0.399 e. The van der Waals surface area contributed by atoms with E-state index in [4.69, 9.17) is 10.9 Å². The maximum absolute atomic E-state index is 12.0. The first kappa shape index (κ1) is 18.4. The maximum atomic E-state index is 12.0. The topological polar surface area (TPSA) is 133 Å². The van der Waals surface area contributed by atoms with Gasteiger partial charge in [-0.1, -0.05) is 0 Å². The molecule has 9 heteroatoms. The van der Waals surface area contributed by atoms with E-state index in [-0.39, 0.29) is 10.8 Å². The van der Waals surface area contributed by atoms with Crippen molar-refractivity contribution in [3.05, 3.63) is 78.1 Å². The van der Waals surface area contributed by atoms with Gasteiger partial charge in [-0.15, -0.1) is 0 Å². The van der Waals surface area contributed by atoms with Crippen molar-refractivity contribution in [2.75, 3.05) is 5.73 Å². The van der Waals surface area contributed by atoms with E-state index in [1.165, 1.54) is 18.3 Å². The molecule has 3 rings (SSSR count). The van der Waals surface area contributed by atoms with Gasteiger partial charge in [0.15, 0.2) is 0 Å². The second-order valence-electron chi connectivity index (χ2n) is 5.66. The number of nitrogens with one attached hydrogen (secondary N) is 1. The van der Waals surface area contributed by atoms with Crippen molar-refractivity contribution in [2.45, 2.75) is 4.90 Å². The summed E-state index contributed by atoms with van der Waals surface area (Å²) in [5, 5.41) is 9.07. The molecule has 1 aromatic heterocycles. The minimum absolute atomic E-state index is 0.0318. The maximum Gasteiger partial charge on any atom is 0.271 e. The molecule has 0 radical (unpaired) electrons. The molecule has 0 saturated heterocycles. The van der Waals surface area contributed by atoms with Crippen LogP contribution in [0.2, 0.25) is 0 Å². The Morgan fingerprint density at radius 3 is 2.33 bits per heavy atom. The smallest absolute Gasteiger partial charge is 0.271 e. The predicted octanol–water partition coefficient (Wildman–Crippen LogP) is 1.47. The minimum Gasteiger partial charge on any atom is -0.399 e. The molecule has 0 bridgehead atoms. The summed E-state index contributed by atoms with van der Waals surface area (Å²) >= 11 is 0. The summed E-state index contributed by atoms with van der Waals surface area (Å²) in [5.74, 6) is -0.359. The molecule has 5 N–H and O–H groups in total. The highest BCUT2D eigenvalue weighted by Crippen LogP contribution is 2.15. The zero-order valence-corrected chi connectivity index (χ0v) is 14.9. The molecular formula is C18H17N5O3S. The first-order valence-electron chi connectivity index (χ1n) is 7.84. The summed E-state index contributed by atoms with van der Waals surface area (Å²) in [6.45, 7) is 0. The van der Waals surface area contributed by atoms with Crippen LogP contribution in [-0.2, 0) is 10.0 Å². The lowest BCUT2D eigenvalue weighted by Crippen LogP contribution is -2.17. The molecule has 0 saturated carbocycles. The van der Waals surface area contributed by atoms with Crippen LogP contribution in [0.1, 0.15) is 16.1 Å². The molecule has 0 aliphatic heterocycles. The number of hydrazone groups is 1. The molecule has 1 heterocycles. The Hall–Kier alpha value is -3.43. The lowest BCUT2D eigenvalue weighted by atomic mass is 10.2. The van der Waals surface area contributed by atoms with Crippen molar-refractivity contribution in [3.63, 3.8) is 0 Å². The summed E-state index contributed by atoms with van der Waals surface area (Å²) in [5.41, 5.74) is 10.5.